The van der Waals surface area contributed by atoms with Crippen molar-refractivity contribution in [1.29, 1.82) is 5.26 Å². The van der Waals surface area contributed by atoms with E-state index in [-0.39, 0.29) is 29.0 Å². The van der Waals surface area contributed by atoms with Gasteiger partial charge in [0.1, 0.15) is 0 Å². The summed E-state index contributed by atoms with van der Waals surface area (Å²) in [4.78, 5) is 0. The molecule has 0 aliphatic heterocycles. The first-order chi connectivity index (χ1) is 11.6. The van der Waals surface area contributed by atoms with Crippen LogP contribution in [0.3, 0.4) is 0 Å². The molecule has 0 aliphatic carbocycles. The monoisotopic (exact) mass is 382 g/mol. The van der Waals surface area contributed by atoms with E-state index in [2.05, 4.69) is 5.32 Å². The van der Waals surface area contributed by atoms with Crippen molar-refractivity contribution < 1.29 is 13.2 Å². The molecule has 0 amide bonds. The third-order valence-electron chi connectivity index (χ3n) is 3.91. The van der Waals surface area contributed by atoms with E-state index in [0.29, 0.717) is 11.1 Å². The average molecular weight is 383 g/mol. The summed E-state index contributed by atoms with van der Waals surface area (Å²) in [5, 5.41) is 11.4. The molecule has 7 heteroatoms. The van der Waals surface area contributed by atoms with Gasteiger partial charge in [-0.25, -0.2) is 8.42 Å². The zero-order valence-electron chi connectivity index (χ0n) is 15.3. The maximum absolute atomic E-state index is 12.8. The van der Waals surface area contributed by atoms with Crippen LogP contribution in [0.1, 0.15) is 51.0 Å². The van der Waals surface area contributed by atoms with Crippen LogP contribution in [0.25, 0.3) is 0 Å². The largest absolute Gasteiger partial charge is 0.468 e. The molecule has 1 rings (SSSR count). The van der Waals surface area contributed by atoms with Crippen LogP contribution < -0.4 is 5.32 Å². The van der Waals surface area contributed by atoms with E-state index in [1.807, 2.05) is 33.8 Å². The predicted octanol–water partition coefficient (Wildman–Crippen LogP) is 3.36. The molecule has 0 spiro atoms. The van der Waals surface area contributed by atoms with Gasteiger partial charge in [0.15, 0.2) is 9.84 Å². The van der Waals surface area contributed by atoms with Crippen LogP contribution in [-0.2, 0) is 14.6 Å². The second-order valence-electron chi connectivity index (χ2n) is 6.65. The fourth-order valence-electron chi connectivity index (χ4n) is 2.23. The van der Waals surface area contributed by atoms with Crippen LogP contribution in [0.15, 0.2) is 24.3 Å². The minimum atomic E-state index is -3.41. The molecule has 0 radical (unpaired) electrons. The first kappa shape index (κ1) is 21.4. The number of ether oxygens (including phenoxy) is 1. The third kappa shape index (κ3) is 6.63. The average Bonchev–Trinajstić information content (AvgIpc) is 2.52. The van der Waals surface area contributed by atoms with Gasteiger partial charge in [-0.3, -0.25) is 0 Å². The Bertz CT molecular complexity index is 720. The van der Waals surface area contributed by atoms with E-state index in [1.165, 1.54) is 0 Å². The van der Waals surface area contributed by atoms with E-state index in [9.17, 15) is 8.42 Å². The normalized spacial score (nSPS) is 14.0. The lowest BCUT2D eigenvalue weighted by Gasteiger charge is -2.26. The second-order valence-corrected chi connectivity index (χ2v) is 9.39. The number of benzene rings is 1. The lowest BCUT2D eigenvalue weighted by molar-refractivity contribution is 0.219. The lowest BCUT2D eigenvalue weighted by Crippen LogP contribution is -2.44. The standard InChI is InChI=1S/C18H26N2O3S2/c1-12(2)17(20-18(24)23-13(3)4)11-25(21,22)14(5)16-8-6-15(10-19)7-9-16/h6-9,12-14,17H,11H2,1-5H3,(H,20,24)/t14?,17-/m1/s1. The summed E-state index contributed by atoms with van der Waals surface area (Å²) < 4.78 is 31.0. The van der Waals surface area contributed by atoms with Gasteiger partial charge < -0.3 is 10.1 Å². The molecule has 0 fully saturated rings. The Kier molecular flexibility index (Phi) is 7.84. The quantitative estimate of drug-likeness (QED) is 0.729. The fraction of sp³-hybridized carbons (Fsp3) is 0.556. The molecule has 1 aromatic carbocycles. The molecule has 0 saturated carbocycles. The molecule has 0 aromatic heterocycles. The number of hydrogen-bond donors (Lipinski definition) is 1. The van der Waals surface area contributed by atoms with Gasteiger partial charge >= 0.3 is 0 Å². The molecule has 0 saturated heterocycles. The van der Waals surface area contributed by atoms with Gasteiger partial charge in [0.25, 0.3) is 5.17 Å². The predicted molar refractivity (Wildman–Crippen MR) is 104 cm³/mol. The topological polar surface area (TPSA) is 79.2 Å². The summed E-state index contributed by atoms with van der Waals surface area (Å²) in [6, 6.07) is 8.32. The molecule has 0 bridgehead atoms. The highest BCUT2D eigenvalue weighted by molar-refractivity contribution is 7.91. The number of rotatable bonds is 7. The smallest absolute Gasteiger partial charge is 0.257 e. The maximum Gasteiger partial charge on any atom is 0.257 e. The Morgan fingerprint density at radius 2 is 1.76 bits per heavy atom. The Morgan fingerprint density at radius 3 is 2.20 bits per heavy atom. The van der Waals surface area contributed by atoms with Gasteiger partial charge in [-0.2, -0.15) is 5.26 Å². The molecular formula is C18H26N2O3S2. The summed E-state index contributed by atoms with van der Waals surface area (Å²) >= 11 is 5.14. The van der Waals surface area contributed by atoms with Crippen molar-refractivity contribution in [3.8, 4) is 6.07 Å². The van der Waals surface area contributed by atoms with Crippen molar-refractivity contribution in [3.05, 3.63) is 35.4 Å². The van der Waals surface area contributed by atoms with Gasteiger partial charge in [-0.05, 0) is 56.6 Å². The van der Waals surface area contributed by atoms with Crippen LogP contribution >= 0.6 is 12.2 Å². The molecule has 1 unspecified atom stereocenters. The van der Waals surface area contributed by atoms with Crippen molar-refractivity contribution >= 4 is 27.2 Å². The summed E-state index contributed by atoms with van der Waals surface area (Å²) in [6.45, 7) is 9.27. The number of nitriles is 1. The van der Waals surface area contributed by atoms with Crippen molar-refractivity contribution in [1.82, 2.24) is 5.32 Å². The second kappa shape index (κ2) is 9.16. The zero-order valence-corrected chi connectivity index (χ0v) is 16.9. The SMILES string of the molecule is CC(C)OC(=S)N[C@H](CS(=O)(=O)C(C)c1ccc(C#N)cc1)C(C)C. The summed E-state index contributed by atoms with van der Waals surface area (Å²) in [5.41, 5.74) is 1.17. The van der Waals surface area contributed by atoms with Crippen LogP contribution in [-0.4, -0.2) is 31.5 Å². The lowest BCUT2D eigenvalue weighted by atomic mass is 10.1. The number of sulfone groups is 1. The van der Waals surface area contributed by atoms with Gasteiger partial charge in [0.05, 0.1) is 28.7 Å². The van der Waals surface area contributed by atoms with E-state index < -0.39 is 15.1 Å². The third-order valence-corrected chi connectivity index (χ3v) is 6.30. The van der Waals surface area contributed by atoms with E-state index in [1.54, 1.807) is 31.2 Å². The Labute approximate surface area is 156 Å². The zero-order chi connectivity index (χ0) is 19.2. The fourth-order valence-corrected chi connectivity index (χ4v) is 4.40. The molecule has 2 atom stereocenters. The van der Waals surface area contributed by atoms with Gasteiger partial charge in [0.2, 0.25) is 0 Å². The first-order valence-corrected chi connectivity index (χ1v) is 10.4. The van der Waals surface area contributed by atoms with Crippen molar-refractivity contribution in [2.45, 2.75) is 52.0 Å². The Morgan fingerprint density at radius 1 is 1.20 bits per heavy atom. The number of nitrogens with zero attached hydrogens (tertiary/aromatic N) is 1. The van der Waals surface area contributed by atoms with Crippen molar-refractivity contribution in [2.24, 2.45) is 5.92 Å². The number of nitrogens with one attached hydrogen (secondary N) is 1. The molecule has 25 heavy (non-hydrogen) atoms. The highest BCUT2D eigenvalue weighted by Gasteiger charge is 2.29. The van der Waals surface area contributed by atoms with Crippen LogP contribution in [0.2, 0.25) is 0 Å². The molecule has 1 N–H and O–H groups in total. The number of thiocarbonyl (C=S) groups is 1. The molecule has 0 heterocycles. The minimum absolute atomic E-state index is 0.0482. The van der Waals surface area contributed by atoms with E-state index >= 15 is 0 Å². The molecule has 0 aliphatic rings. The van der Waals surface area contributed by atoms with E-state index in [4.69, 9.17) is 22.2 Å². The number of hydrogen-bond acceptors (Lipinski definition) is 5. The summed E-state index contributed by atoms with van der Waals surface area (Å²) in [7, 11) is -3.41. The van der Waals surface area contributed by atoms with Gasteiger partial charge in [-0.15, -0.1) is 0 Å². The highest BCUT2D eigenvalue weighted by atomic mass is 32.2. The van der Waals surface area contributed by atoms with Gasteiger partial charge in [0, 0.05) is 6.04 Å². The van der Waals surface area contributed by atoms with Crippen LogP contribution in [0.5, 0.6) is 0 Å². The summed E-state index contributed by atoms with van der Waals surface area (Å²) in [5.74, 6) is 0.0182. The van der Waals surface area contributed by atoms with E-state index in [0.717, 1.165) is 0 Å². The van der Waals surface area contributed by atoms with Crippen molar-refractivity contribution in [2.75, 3.05) is 5.75 Å². The van der Waals surface area contributed by atoms with Crippen LogP contribution in [0, 0.1) is 17.2 Å². The summed E-state index contributed by atoms with van der Waals surface area (Å²) in [6.07, 6.45) is -0.0676. The molecule has 1 aromatic rings. The minimum Gasteiger partial charge on any atom is -0.468 e. The molecule has 138 valence electrons. The maximum atomic E-state index is 12.8. The Balaban J connectivity index is 2.90. The molecular weight excluding hydrogens is 356 g/mol. The molecule has 5 nitrogen and oxygen atoms in total. The van der Waals surface area contributed by atoms with Gasteiger partial charge in [-0.1, -0.05) is 26.0 Å². The Hall–Kier alpha value is -1.65. The van der Waals surface area contributed by atoms with Crippen LogP contribution in [0.4, 0.5) is 0 Å². The highest BCUT2D eigenvalue weighted by Crippen LogP contribution is 2.24. The first-order valence-electron chi connectivity index (χ1n) is 8.25. The van der Waals surface area contributed by atoms with Crippen molar-refractivity contribution in [3.63, 3.8) is 0 Å².